The number of para-hydroxylation sites is 1. The summed E-state index contributed by atoms with van der Waals surface area (Å²) in [6.45, 7) is 0. The summed E-state index contributed by atoms with van der Waals surface area (Å²) in [5, 5.41) is 0. The number of benzene rings is 1. The van der Waals surface area contributed by atoms with E-state index in [4.69, 9.17) is 5.73 Å². The van der Waals surface area contributed by atoms with E-state index in [0.29, 0.717) is 0 Å². The van der Waals surface area contributed by atoms with Gasteiger partial charge in [-0.1, -0.05) is 18.2 Å². The molecule has 0 spiro atoms. The maximum atomic E-state index is 10.6. The van der Waals surface area contributed by atoms with Crippen molar-refractivity contribution in [3.63, 3.8) is 0 Å². The summed E-state index contributed by atoms with van der Waals surface area (Å²) < 4.78 is 1.20. The van der Waals surface area contributed by atoms with E-state index in [0.717, 1.165) is 5.69 Å². The second kappa shape index (κ2) is 3.39. The Kier molecular flexibility index (Phi) is 2.48. The van der Waals surface area contributed by atoms with Crippen LogP contribution < -0.4 is 9.66 Å². The average molecular weight is 215 g/mol. The molecule has 0 bridgehead atoms. The Morgan fingerprint density at radius 3 is 2.36 bits per heavy atom. The minimum absolute atomic E-state index is 0.531. The maximum absolute atomic E-state index is 10.6. The van der Waals surface area contributed by atoms with Crippen molar-refractivity contribution < 1.29 is 4.79 Å². The molecule has 1 aromatic rings. The number of urea groups is 1. The number of carbonyl (C=O) groups excluding carboxylic acids is 1. The predicted octanol–water partition coefficient (Wildman–Crippen LogP) is 1.88. The number of halogens is 1. The summed E-state index contributed by atoms with van der Waals surface area (Å²) in [5.74, 6) is 0. The molecule has 0 fully saturated rings. The fourth-order valence-electron chi connectivity index (χ4n) is 0.686. The highest BCUT2D eigenvalue weighted by Gasteiger charge is 2.05. The Hall–Kier alpha value is -1.03. The molecule has 1 aromatic carbocycles. The fraction of sp³-hybridized carbons (Fsp3) is 0. The molecule has 0 aliphatic heterocycles. The Balaban J connectivity index is 2.85. The number of rotatable bonds is 1. The first-order valence-electron chi connectivity index (χ1n) is 3.02. The van der Waals surface area contributed by atoms with Gasteiger partial charge in [-0.15, -0.1) is 0 Å². The highest BCUT2D eigenvalue weighted by atomic mass is 79.9. The molecule has 3 nitrogen and oxygen atoms in total. The van der Waals surface area contributed by atoms with Crippen LogP contribution in [0.4, 0.5) is 10.5 Å². The van der Waals surface area contributed by atoms with Crippen LogP contribution in [0.1, 0.15) is 0 Å². The molecule has 0 unspecified atom stereocenters. The molecule has 58 valence electrons. The van der Waals surface area contributed by atoms with Gasteiger partial charge in [0, 0.05) is 0 Å². The Bertz CT molecular complexity index is 250. The van der Waals surface area contributed by atoms with Crippen molar-refractivity contribution in [2.45, 2.75) is 0 Å². The van der Waals surface area contributed by atoms with Gasteiger partial charge in [0.05, 0.1) is 21.8 Å². The molecule has 0 heterocycles. The van der Waals surface area contributed by atoms with Gasteiger partial charge in [0.2, 0.25) is 0 Å². The van der Waals surface area contributed by atoms with Gasteiger partial charge in [-0.25, -0.2) is 8.72 Å². The third-order valence-electron chi connectivity index (χ3n) is 1.18. The van der Waals surface area contributed by atoms with Crippen molar-refractivity contribution in [3.05, 3.63) is 30.3 Å². The minimum Gasteiger partial charge on any atom is -0.350 e. The average Bonchev–Trinajstić information content (AvgIpc) is 2.05. The van der Waals surface area contributed by atoms with E-state index in [1.165, 1.54) is 3.93 Å². The third kappa shape index (κ3) is 1.94. The zero-order valence-corrected chi connectivity index (χ0v) is 7.28. The fourth-order valence-corrected chi connectivity index (χ4v) is 0.923. The summed E-state index contributed by atoms with van der Waals surface area (Å²) in [6.07, 6.45) is 0. The van der Waals surface area contributed by atoms with Crippen LogP contribution in [0.2, 0.25) is 0 Å². The van der Waals surface area contributed by atoms with Crippen LogP contribution in [0, 0.1) is 0 Å². The molecule has 0 aliphatic carbocycles. The predicted molar refractivity (Wildman–Crippen MR) is 47.4 cm³/mol. The zero-order valence-electron chi connectivity index (χ0n) is 5.70. The van der Waals surface area contributed by atoms with Crippen molar-refractivity contribution in [1.82, 2.24) is 0 Å². The summed E-state index contributed by atoms with van der Waals surface area (Å²) in [4.78, 5) is 10.6. The van der Waals surface area contributed by atoms with Crippen molar-refractivity contribution in [3.8, 4) is 0 Å². The highest BCUT2D eigenvalue weighted by molar-refractivity contribution is 9.10. The molecule has 2 N–H and O–H groups in total. The molecular formula is C7H7BrN2O. The van der Waals surface area contributed by atoms with Gasteiger partial charge >= 0.3 is 6.03 Å². The van der Waals surface area contributed by atoms with E-state index in [-0.39, 0.29) is 0 Å². The van der Waals surface area contributed by atoms with E-state index in [1.807, 2.05) is 18.2 Å². The molecule has 4 heteroatoms. The molecule has 1 rings (SSSR count). The minimum atomic E-state index is -0.531. The first-order chi connectivity index (χ1) is 5.22. The lowest BCUT2D eigenvalue weighted by atomic mass is 10.3. The number of nitrogens with zero attached hydrogens (tertiary/aromatic N) is 1. The molecule has 0 aromatic heterocycles. The third-order valence-corrected chi connectivity index (χ3v) is 1.94. The second-order valence-corrected chi connectivity index (χ2v) is 2.66. The van der Waals surface area contributed by atoms with Crippen LogP contribution in [-0.2, 0) is 0 Å². The molecule has 2 amide bonds. The lowest BCUT2D eigenvalue weighted by Gasteiger charge is -2.09. The number of primary amides is 1. The first-order valence-corrected chi connectivity index (χ1v) is 3.73. The topological polar surface area (TPSA) is 46.3 Å². The molecule has 11 heavy (non-hydrogen) atoms. The molecule has 0 radical (unpaired) electrons. The van der Waals surface area contributed by atoms with Gasteiger partial charge in [-0.3, -0.25) is 0 Å². The summed E-state index contributed by atoms with van der Waals surface area (Å²) in [6, 6.07) is 8.54. The summed E-state index contributed by atoms with van der Waals surface area (Å²) in [5.41, 5.74) is 5.73. The van der Waals surface area contributed by atoms with Crippen LogP contribution in [0.15, 0.2) is 30.3 Å². The van der Waals surface area contributed by atoms with E-state index in [9.17, 15) is 4.79 Å². The van der Waals surface area contributed by atoms with Crippen LogP contribution in [-0.4, -0.2) is 6.03 Å². The van der Waals surface area contributed by atoms with E-state index in [1.54, 1.807) is 12.1 Å². The van der Waals surface area contributed by atoms with E-state index >= 15 is 0 Å². The van der Waals surface area contributed by atoms with Gasteiger partial charge in [0.15, 0.2) is 0 Å². The van der Waals surface area contributed by atoms with E-state index in [2.05, 4.69) is 16.1 Å². The molecule has 0 saturated carbocycles. The monoisotopic (exact) mass is 214 g/mol. The van der Waals surface area contributed by atoms with Gasteiger partial charge < -0.3 is 5.73 Å². The summed E-state index contributed by atoms with van der Waals surface area (Å²) >= 11 is 3.01. The van der Waals surface area contributed by atoms with Crippen molar-refractivity contribution in [1.29, 1.82) is 0 Å². The number of anilines is 1. The maximum Gasteiger partial charge on any atom is 0.329 e. The van der Waals surface area contributed by atoms with E-state index < -0.39 is 6.03 Å². The first kappa shape index (κ1) is 8.07. The molecule has 0 aliphatic rings. The van der Waals surface area contributed by atoms with Crippen molar-refractivity contribution in [2.75, 3.05) is 3.93 Å². The number of carbonyl (C=O) groups is 1. The largest absolute Gasteiger partial charge is 0.350 e. The Labute approximate surface area is 73.1 Å². The van der Waals surface area contributed by atoms with Crippen molar-refractivity contribution >= 4 is 27.9 Å². The van der Waals surface area contributed by atoms with Gasteiger partial charge in [0.25, 0.3) is 0 Å². The quantitative estimate of drug-likeness (QED) is 0.714. The number of hydrogen-bond acceptors (Lipinski definition) is 1. The van der Waals surface area contributed by atoms with Crippen molar-refractivity contribution in [2.24, 2.45) is 5.73 Å². The molecule has 0 atom stereocenters. The lowest BCUT2D eigenvalue weighted by Crippen LogP contribution is -2.26. The van der Waals surface area contributed by atoms with Crippen LogP contribution in [0.5, 0.6) is 0 Å². The number of hydrogen-bond donors (Lipinski definition) is 1. The number of amides is 2. The Morgan fingerprint density at radius 2 is 1.91 bits per heavy atom. The van der Waals surface area contributed by atoms with Crippen LogP contribution in [0.3, 0.4) is 0 Å². The highest BCUT2D eigenvalue weighted by Crippen LogP contribution is 2.15. The smallest absolute Gasteiger partial charge is 0.329 e. The Morgan fingerprint density at radius 1 is 1.36 bits per heavy atom. The zero-order chi connectivity index (χ0) is 8.27. The normalized spacial score (nSPS) is 9.18. The van der Waals surface area contributed by atoms with Gasteiger partial charge in [0.1, 0.15) is 0 Å². The lowest BCUT2D eigenvalue weighted by molar-refractivity contribution is 0.257. The summed E-state index contributed by atoms with van der Waals surface area (Å²) in [7, 11) is 0. The molecule has 0 saturated heterocycles. The second-order valence-electron chi connectivity index (χ2n) is 1.95. The number of nitrogens with two attached hydrogens (primary N) is 1. The molecular weight excluding hydrogens is 208 g/mol. The van der Waals surface area contributed by atoms with Gasteiger partial charge in [-0.2, -0.15) is 0 Å². The SMILES string of the molecule is NC(=O)N(Br)c1ccccc1. The standard InChI is InChI=1S/C7H7BrN2O/c8-10(7(9)11)6-4-2-1-3-5-6/h1-5H,(H2,9,11). The van der Waals surface area contributed by atoms with Crippen LogP contribution in [0.25, 0.3) is 0 Å². The van der Waals surface area contributed by atoms with Crippen LogP contribution >= 0.6 is 16.1 Å². The van der Waals surface area contributed by atoms with Gasteiger partial charge in [-0.05, 0) is 12.1 Å².